The van der Waals surface area contributed by atoms with Gasteiger partial charge in [-0.05, 0) is 51.4 Å². The third kappa shape index (κ3) is 8.72. The fraction of sp³-hybridized carbons (Fsp3) is 0.773. The Morgan fingerprint density at radius 1 is 1.27 bits per heavy atom. The second kappa shape index (κ2) is 15.9. The summed E-state index contributed by atoms with van der Waals surface area (Å²) in [7, 11) is 1.73. The fourth-order valence-corrected chi connectivity index (χ4v) is 3.82. The number of piperidine rings is 1. The molecule has 1 unspecified atom stereocenters. The Morgan fingerprint density at radius 2 is 2.00 bits per heavy atom. The summed E-state index contributed by atoms with van der Waals surface area (Å²) >= 11 is 0. The summed E-state index contributed by atoms with van der Waals surface area (Å²) in [6.07, 6.45) is 5.13. The van der Waals surface area contributed by atoms with Gasteiger partial charge in [-0.15, -0.1) is 24.0 Å². The molecule has 1 saturated heterocycles. The van der Waals surface area contributed by atoms with Gasteiger partial charge in [0, 0.05) is 40.0 Å². The molecule has 1 N–H and O–H groups in total. The number of methoxy groups -OCH3 is 1. The molecule has 0 saturated carbocycles. The van der Waals surface area contributed by atoms with Gasteiger partial charge in [-0.2, -0.15) is 0 Å². The molecule has 0 spiro atoms. The quantitative estimate of drug-likeness (QED) is 0.190. The minimum absolute atomic E-state index is 0. The van der Waals surface area contributed by atoms with Crippen LogP contribution in [0, 0.1) is 0 Å². The number of likely N-dealkylation sites (N-methyl/N-ethyl adjacent to an activating group) is 1. The molecule has 0 bridgehead atoms. The molecule has 174 valence electrons. The molecule has 0 aromatic carbocycles. The number of nitrogens with one attached hydrogen (secondary N) is 1. The Morgan fingerprint density at radius 3 is 2.57 bits per heavy atom. The van der Waals surface area contributed by atoms with Crippen LogP contribution in [0.4, 0.5) is 0 Å². The maximum absolute atomic E-state index is 5.99. The van der Waals surface area contributed by atoms with Gasteiger partial charge < -0.3 is 24.1 Å². The van der Waals surface area contributed by atoms with Crippen LogP contribution in [0.3, 0.4) is 0 Å². The van der Waals surface area contributed by atoms with Crippen LogP contribution >= 0.6 is 24.0 Å². The predicted molar refractivity (Wildman–Crippen MR) is 133 cm³/mol. The van der Waals surface area contributed by atoms with Crippen molar-refractivity contribution in [2.45, 2.75) is 52.2 Å². The maximum atomic E-state index is 5.99. The lowest BCUT2D eigenvalue weighted by molar-refractivity contribution is 0.00988. The van der Waals surface area contributed by atoms with E-state index in [-0.39, 0.29) is 30.0 Å². The van der Waals surface area contributed by atoms with Crippen molar-refractivity contribution in [2.75, 3.05) is 59.6 Å². The predicted octanol–water partition coefficient (Wildman–Crippen LogP) is 3.76. The van der Waals surface area contributed by atoms with Crippen molar-refractivity contribution < 1.29 is 13.9 Å². The molecule has 1 fully saturated rings. The van der Waals surface area contributed by atoms with Crippen molar-refractivity contribution in [2.24, 2.45) is 4.99 Å². The third-order valence-electron chi connectivity index (χ3n) is 5.46. The largest absolute Gasteiger partial charge is 0.468 e. The van der Waals surface area contributed by atoms with Gasteiger partial charge in [0.25, 0.3) is 0 Å². The van der Waals surface area contributed by atoms with E-state index in [2.05, 4.69) is 42.0 Å². The number of hydrogen-bond acceptors (Lipinski definition) is 5. The molecule has 1 aliphatic heterocycles. The monoisotopic (exact) mass is 536 g/mol. The minimum Gasteiger partial charge on any atom is -0.468 e. The molecule has 1 aromatic rings. The van der Waals surface area contributed by atoms with Gasteiger partial charge in [0.1, 0.15) is 5.76 Å². The zero-order valence-electron chi connectivity index (χ0n) is 19.1. The first-order valence-corrected chi connectivity index (χ1v) is 11.1. The van der Waals surface area contributed by atoms with Gasteiger partial charge in [0.05, 0.1) is 25.0 Å². The van der Waals surface area contributed by atoms with E-state index in [4.69, 9.17) is 18.9 Å². The Labute approximate surface area is 199 Å². The van der Waals surface area contributed by atoms with Crippen LogP contribution in [-0.4, -0.2) is 81.5 Å². The summed E-state index contributed by atoms with van der Waals surface area (Å²) in [5.41, 5.74) is 0. The van der Waals surface area contributed by atoms with Crippen molar-refractivity contribution in [3.8, 4) is 0 Å². The smallest absolute Gasteiger partial charge is 0.193 e. The second-order valence-corrected chi connectivity index (χ2v) is 7.35. The first kappa shape index (κ1) is 27.2. The zero-order valence-corrected chi connectivity index (χ0v) is 21.5. The van der Waals surface area contributed by atoms with Gasteiger partial charge in [-0.25, -0.2) is 0 Å². The number of rotatable bonds is 12. The number of likely N-dealkylation sites (tertiary alicyclic amines) is 1. The van der Waals surface area contributed by atoms with Crippen molar-refractivity contribution in [1.29, 1.82) is 0 Å². The summed E-state index contributed by atoms with van der Waals surface area (Å²) < 4.78 is 16.8. The lowest BCUT2D eigenvalue weighted by atomic mass is 10.1. The molecule has 1 atom stereocenters. The first-order chi connectivity index (χ1) is 14.2. The molecular weight excluding hydrogens is 495 g/mol. The van der Waals surface area contributed by atoms with E-state index in [1.165, 1.54) is 0 Å². The SMILES string of the molecule is CCNC(=NCC(c1ccco1)N(CC)CC)N1CCC(OCCCOC)CC1.I. The zero-order chi connectivity index (χ0) is 20.9. The molecule has 2 rings (SSSR count). The lowest BCUT2D eigenvalue weighted by Gasteiger charge is -2.34. The summed E-state index contributed by atoms with van der Waals surface area (Å²) in [6, 6.07) is 4.17. The number of furan rings is 1. The van der Waals surface area contributed by atoms with E-state index in [1.807, 2.05) is 6.07 Å². The van der Waals surface area contributed by atoms with E-state index in [1.54, 1.807) is 13.4 Å². The lowest BCUT2D eigenvalue weighted by Crippen LogP contribution is -2.47. The Bertz CT molecular complexity index is 559. The van der Waals surface area contributed by atoms with Crippen molar-refractivity contribution in [3.63, 3.8) is 0 Å². The average Bonchev–Trinajstić information content (AvgIpc) is 3.28. The molecule has 1 aliphatic rings. The number of aliphatic imine (C=N–C) groups is 1. The normalized spacial score (nSPS) is 16.6. The summed E-state index contributed by atoms with van der Waals surface area (Å²) in [4.78, 5) is 9.75. The topological polar surface area (TPSA) is 62.5 Å². The Kier molecular flexibility index (Phi) is 14.4. The highest BCUT2D eigenvalue weighted by molar-refractivity contribution is 14.0. The van der Waals surface area contributed by atoms with Crippen LogP contribution in [-0.2, 0) is 9.47 Å². The van der Waals surface area contributed by atoms with E-state index >= 15 is 0 Å². The fourth-order valence-electron chi connectivity index (χ4n) is 3.82. The number of nitrogens with zero attached hydrogens (tertiary/aromatic N) is 3. The van der Waals surface area contributed by atoms with E-state index in [0.717, 1.165) is 76.9 Å². The Hall–Kier alpha value is -0.840. The molecule has 0 amide bonds. The number of halogens is 1. The highest BCUT2D eigenvalue weighted by Gasteiger charge is 2.24. The molecule has 1 aromatic heterocycles. The van der Waals surface area contributed by atoms with Crippen LogP contribution in [0.1, 0.15) is 51.8 Å². The number of ether oxygens (including phenoxy) is 2. The van der Waals surface area contributed by atoms with Gasteiger partial charge >= 0.3 is 0 Å². The standard InChI is InChI=1S/C22H40N4O3.HI/c1-5-23-22(26-13-11-19(12-14-26)28-17-9-15-27-4)24-18-20(25(6-2)7-3)21-10-8-16-29-21;/h8,10,16,19-20H,5-7,9,11-15,17-18H2,1-4H3,(H,23,24);1H. The number of hydrogen-bond donors (Lipinski definition) is 1. The highest BCUT2D eigenvalue weighted by atomic mass is 127. The van der Waals surface area contributed by atoms with E-state index in [9.17, 15) is 0 Å². The van der Waals surface area contributed by atoms with Crippen LogP contribution in [0.25, 0.3) is 0 Å². The van der Waals surface area contributed by atoms with Crippen molar-refractivity contribution >= 4 is 29.9 Å². The van der Waals surface area contributed by atoms with Crippen LogP contribution in [0.5, 0.6) is 0 Å². The van der Waals surface area contributed by atoms with Gasteiger partial charge in [-0.3, -0.25) is 9.89 Å². The molecule has 0 radical (unpaired) electrons. The maximum Gasteiger partial charge on any atom is 0.193 e. The van der Waals surface area contributed by atoms with Gasteiger partial charge in [-0.1, -0.05) is 13.8 Å². The van der Waals surface area contributed by atoms with Gasteiger partial charge in [0.15, 0.2) is 5.96 Å². The molecule has 30 heavy (non-hydrogen) atoms. The number of guanidine groups is 1. The minimum atomic E-state index is 0. The van der Waals surface area contributed by atoms with Gasteiger partial charge in [0.2, 0.25) is 0 Å². The molecule has 0 aliphatic carbocycles. The van der Waals surface area contributed by atoms with Crippen LogP contribution < -0.4 is 5.32 Å². The molecule has 8 heteroatoms. The van der Waals surface area contributed by atoms with Crippen molar-refractivity contribution in [3.05, 3.63) is 24.2 Å². The average molecular weight is 536 g/mol. The molecular formula is C22H41IN4O3. The highest BCUT2D eigenvalue weighted by Crippen LogP contribution is 2.22. The summed E-state index contributed by atoms with van der Waals surface area (Å²) in [5.74, 6) is 1.98. The third-order valence-corrected chi connectivity index (χ3v) is 5.46. The molecule has 2 heterocycles. The summed E-state index contributed by atoms with van der Waals surface area (Å²) in [6.45, 7) is 13.5. The van der Waals surface area contributed by atoms with Crippen LogP contribution in [0.2, 0.25) is 0 Å². The second-order valence-electron chi connectivity index (χ2n) is 7.35. The van der Waals surface area contributed by atoms with E-state index < -0.39 is 0 Å². The molecule has 7 nitrogen and oxygen atoms in total. The Balaban J connectivity index is 0.00000450. The van der Waals surface area contributed by atoms with E-state index in [0.29, 0.717) is 12.6 Å². The van der Waals surface area contributed by atoms with Crippen LogP contribution in [0.15, 0.2) is 27.8 Å². The van der Waals surface area contributed by atoms with Crippen molar-refractivity contribution in [1.82, 2.24) is 15.1 Å². The summed E-state index contributed by atoms with van der Waals surface area (Å²) in [5, 5.41) is 3.47. The first-order valence-electron chi connectivity index (χ1n) is 11.1.